The van der Waals surface area contributed by atoms with E-state index >= 15 is 0 Å². The van der Waals surface area contributed by atoms with Crippen molar-refractivity contribution in [2.75, 3.05) is 0 Å². The predicted octanol–water partition coefficient (Wildman–Crippen LogP) is 4.83. The molecule has 0 saturated heterocycles. The van der Waals surface area contributed by atoms with Crippen LogP contribution in [0.5, 0.6) is 5.75 Å². The number of fused-ring (bicyclic) bond motifs is 3. The molecule has 118 valence electrons. The quantitative estimate of drug-likeness (QED) is 0.401. The van der Waals surface area contributed by atoms with Crippen molar-refractivity contribution in [1.29, 1.82) is 0 Å². The highest BCUT2D eigenvalue weighted by Crippen LogP contribution is 2.28. The van der Waals surface area contributed by atoms with Crippen LogP contribution in [0, 0.1) is 6.92 Å². The Morgan fingerprint density at radius 3 is 2.71 bits per heavy atom. The molecule has 1 aromatic heterocycles. The van der Waals surface area contributed by atoms with Crippen molar-refractivity contribution in [3.63, 3.8) is 0 Å². The van der Waals surface area contributed by atoms with Crippen LogP contribution < -0.4 is 10.4 Å². The maximum Gasteiger partial charge on any atom is 0.336 e. The zero-order valence-corrected chi connectivity index (χ0v) is 13.3. The van der Waals surface area contributed by atoms with Crippen LogP contribution in [0.15, 0.2) is 75.9 Å². The zero-order chi connectivity index (χ0) is 16.5. The molecule has 0 fully saturated rings. The summed E-state index contributed by atoms with van der Waals surface area (Å²) in [5, 5.41) is 3.09. The molecule has 0 amide bonds. The first-order valence-corrected chi connectivity index (χ1v) is 7.85. The first-order chi connectivity index (χ1) is 11.7. The lowest BCUT2D eigenvalue weighted by atomic mass is 10.0. The number of rotatable bonds is 3. The summed E-state index contributed by atoms with van der Waals surface area (Å²) >= 11 is 0. The minimum absolute atomic E-state index is 0.319. The fourth-order valence-electron chi connectivity index (χ4n) is 3.00. The Kier molecular flexibility index (Phi) is 3.54. The van der Waals surface area contributed by atoms with Gasteiger partial charge in [0, 0.05) is 17.0 Å². The minimum Gasteiger partial charge on any atom is -0.489 e. The maximum atomic E-state index is 11.9. The van der Waals surface area contributed by atoms with Gasteiger partial charge in [-0.2, -0.15) is 0 Å². The van der Waals surface area contributed by atoms with Crippen LogP contribution in [0.3, 0.4) is 0 Å². The smallest absolute Gasteiger partial charge is 0.336 e. The second-order valence-corrected chi connectivity index (χ2v) is 5.86. The van der Waals surface area contributed by atoms with Crippen LogP contribution in [0.1, 0.15) is 11.1 Å². The van der Waals surface area contributed by atoms with Gasteiger partial charge in [-0.1, -0.05) is 42.5 Å². The normalized spacial score (nSPS) is 11.0. The largest absolute Gasteiger partial charge is 0.489 e. The molecule has 0 unspecified atom stereocenters. The maximum absolute atomic E-state index is 11.9. The van der Waals surface area contributed by atoms with E-state index in [9.17, 15) is 4.79 Å². The zero-order valence-electron chi connectivity index (χ0n) is 13.3. The first kappa shape index (κ1) is 14.5. The Morgan fingerprint density at radius 2 is 1.83 bits per heavy atom. The Morgan fingerprint density at radius 1 is 0.958 bits per heavy atom. The van der Waals surface area contributed by atoms with Gasteiger partial charge in [0.2, 0.25) is 0 Å². The standard InChI is InChI=1S/C21H16O3/c1-14-5-4-7-17(11-14)23-13-16-12-20(22)24-19-10-9-15-6-2-3-8-18(15)21(16)19/h2-12H,13H2,1H3. The van der Waals surface area contributed by atoms with Gasteiger partial charge in [0.05, 0.1) is 0 Å². The molecule has 1 heterocycles. The molecule has 3 heteroatoms. The third kappa shape index (κ3) is 2.65. The molecule has 0 saturated carbocycles. The highest BCUT2D eigenvalue weighted by molar-refractivity contribution is 6.06. The van der Waals surface area contributed by atoms with Gasteiger partial charge < -0.3 is 9.15 Å². The van der Waals surface area contributed by atoms with E-state index in [1.54, 1.807) is 0 Å². The number of hydrogen-bond acceptors (Lipinski definition) is 3. The molecule has 3 aromatic carbocycles. The molecule has 0 aliphatic carbocycles. The molecule has 0 radical (unpaired) electrons. The molecule has 0 aliphatic heterocycles. The van der Waals surface area contributed by atoms with Crippen LogP contribution in [0.2, 0.25) is 0 Å². The van der Waals surface area contributed by atoms with Crippen LogP contribution in [0.25, 0.3) is 21.7 Å². The van der Waals surface area contributed by atoms with Crippen molar-refractivity contribution >= 4 is 21.7 Å². The van der Waals surface area contributed by atoms with Gasteiger partial charge in [-0.05, 0) is 41.5 Å². The van der Waals surface area contributed by atoms with Crippen LogP contribution >= 0.6 is 0 Å². The summed E-state index contributed by atoms with van der Waals surface area (Å²) in [6.07, 6.45) is 0. The number of ether oxygens (including phenoxy) is 1. The third-order valence-electron chi connectivity index (χ3n) is 4.10. The van der Waals surface area contributed by atoms with Crippen molar-refractivity contribution < 1.29 is 9.15 Å². The van der Waals surface area contributed by atoms with E-state index in [1.165, 1.54) is 6.07 Å². The topological polar surface area (TPSA) is 39.4 Å². The average molecular weight is 316 g/mol. The summed E-state index contributed by atoms with van der Waals surface area (Å²) in [7, 11) is 0. The molecular formula is C21H16O3. The summed E-state index contributed by atoms with van der Waals surface area (Å²) in [5.41, 5.74) is 2.19. The van der Waals surface area contributed by atoms with Crippen molar-refractivity contribution in [2.24, 2.45) is 0 Å². The highest BCUT2D eigenvalue weighted by Gasteiger charge is 2.10. The fourth-order valence-corrected chi connectivity index (χ4v) is 3.00. The Hall–Kier alpha value is -3.07. The Labute approximate surface area is 139 Å². The summed E-state index contributed by atoms with van der Waals surface area (Å²) in [4.78, 5) is 11.9. The predicted molar refractivity (Wildman–Crippen MR) is 95.5 cm³/mol. The molecular weight excluding hydrogens is 300 g/mol. The van der Waals surface area contributed by atoms with Crippen LogP contribution in [-0.2, 0) is 6.61 Å². The summed E-state index contributed by atoms with van der Waals surface area (Å²) < 4.78 is 11.3. The number of benzene rings is 3. The summed E-state index contributed by atoms with van der Waals surface area (Å²) in [6.45, 7) is 2.34. The van der Waals surface area contributed by atoms with E-state index in [1.807, 2.05) is 67.6 Å². The molecule has 0 aliphatic rings. The fraction of sp³-hybridized carbons (Fsp3) is 0.0952. The average Bonchev–Trinajstić information content (AvgIpc) is 2.59. The van der Waals surface area contributed by atoms with Gasteiger partial charge in [-0.3, -0.25) is 0 Å². The van der Waals surface area contributed by atoms with E-state index < -0.39 is 0 Å². The van der Waals surface area contributed by atoms with E-state index in [0.29, 0.717) is 12.2 Å². The molecule has 24 heavy (non-hydrogen) atoms. The van der Waals surface area contributed by atoms with Gasteiger partial charge >= 0.3 is 5.63 Å². The van der Waals surface area contributed by atoms with Crippen molar-refractivity contribution in [3.05, 3.63) is 88.3 Å². The van der Waals surface area contributed by atoms with Gasteiger partial charge in [0.15, 0.2) is 0 Å². The second kappa shape index (κ2) is 5.85. The lowest BCUT2D eigenvalue weighted by Crippen LogP contribution is -2.04. The Balaban J connectivity index is 1.84. The lowest BCUT2D eigenvalue weighted by molar-refractivity contribution is 0.306. The molecule has 0 spiro atoms. The molecule has 0 N–H and O–H groups in total. The minimum atomic E-state index is -0.361. The van der Waals surface area contributed by atoms with Gasteiger partial charge in [0.1, 0.15) is 17.9 Å². The van der Waals surface area contributed by atoms with Gasteiger partial charge in [-0.15, -0.1) is 0 Å². The second-order valence-electron chi connectivity index (χ2n) is 5.86. The van der Waals surface area contributed by atoms with Crippen molar-refractivity contribution in [2.45, 2.75) is 13.5 Å². The molecule has 4 aromatic rings. The summed E-state index contributed by atoms with van der Waals surface area (Å²) in [6, 6.07) is 21.3. The first-order valence-electron chi connectivity index (χ1n) is 7.85. The van der Waals surface area contributed by atoms with Crippen molar-refractivity contribution in [1.82, 2.24) is 0 Å². The van der Waals surface area contributed by atoms with Gasteiger partial charge in [-0.25, -0.2) is 4.79 Å². The highest BCUT2D eigenvalue weighted by atomic mass is 16.5. The van der Waals surface area contributed by atoms with Gasteiger partial charge in [0.25, 0.3) is 0 Å². The monoisotopic (exact) mass is 316 g/mol. The lowest BCUT2D eigenvalue weighted by Gasteiger charge is -2.10. The van der Waals surface area contributed by atoms with E-state index in [4.69, 9.17) is 9.15 Å². The molecule has 4 rings (SSSR count). The van der Waals surface area contributed by atoms with Crippen LogP contribution in [0.4, 0.5) is 0 Å². The molecule has 0 atom stereocenters. The SMILES string of the molecule is Cc1cccc(OCc2cc(=O)oc3ccc4ccccc4c23)c1. The van der Waals surface area contributed by atoms with Crippen LogP contribution in [-0.4, -0.2) is 0 Å². The number of aryl methyl sites for hydroxylation is 1. The Bertz CT molecular complexity index is 1090. The van der Waals surface area contributed by atoms with E-state index in [2.05, 4.69) is 0 Å². The van der Waals surface area contributed by atoms with E-state index in [0.717, 1.165) is 33.0 Å². The molecule has 0 bridgehead atoms. The van der Waals surface area contributed by atoms with Crippen molar-refractivity contribution in [3.8, 4) is 5.75 Å². The third-order valence-corrected chi connectivity index (χ3v) is 4.10. The summed E-state index contributed by atoms with van der Waals surface area (Å²) in [5.74, 6) is 0.789. The molecule has 3 nitrogen and oxygen atoms in total. The number of hydrogen-bond donors (Lipinski definition) is 0. The van der Waals surface area contributed by atoms with E-state index in [-0.39, 0.29) is 5.63 Å².